The summed E-state index contributed by atoms with van der Waals surface area (Å²) in [5.41, 5.74) is 9.53. The molecule has 2 saturated carbocycles. The predicted molar refractivity (Wildman–Crippen MR) is 171 cm³/mol. The molecule has 4 unspecified atom stereocenters. The average molecular weight is 532 g/mol. The Labute approximate surface area is 239 Å². The van der Waals surface area contributed by atoms with Crippen molar-refractivity contribution in [2.75, 3.05) is 0 Å². The second-order valence-electron chi connectivity index (χ2n) is 13.5. The highest BCUT2D eigenvalue weighted by Crippen LogP contribution is 2.62. The van der Waals surface area contributed by atoms with Crippen LogP contribution >= 0.6 is 0 Å². The van der Waals surface area contributed by atoms with Crippen LogP contribution in [-0.2, 0) is 0 Å². The number of aromatic nitrogens is 1. The van der Waals surface area contributed by atoms with Crippen LogP contribution in [0.2, 0.25) is 0 Å². The second kappa shape index (κ2) is 7.82. The van der Waals surface area contributed by atoms with Crippen molar-refractivity contribution in [3.8, 4) is 11.1 Å². The molecule has 200 valence electrons. The Morgan fingerprint density at radius 1 is 0.780 bits per heavy atom. The molecular formula is C39H33NO. The summed E-state index contributed by atoms with van der Waals surface area (Å²) in [7, 11) is 0. The van der Waals surface area contributed by atoms with Gasteiger partial charge in [0.05, 0.1) is 11.0 Å². The van der Waals surface area contributed by atoms with Crippen LogP contribution in [-0.4, -0.2) is 4.57 Å². The predicted octanol–water partition coefficient (Wildman–Crippen LogP) is 11.1. The normalized spacial score (nSPS) is 25.4. The van der Waals surface area contributed by atoms with Crippen LogP contribution in [0.15, 0.2) is 95.4 Å². The van der Waals surface area contributed by atoms with Gasteiger partial charge in [0.15, 0.2) is 0 Å². The first-order valence-electron chi connectivity index (χ1n) is 15.6. The lowest BCUT2D eigenvalue weighted by Crippen LogP contribution is -2.39. The topological polar surface area (TPSA) is 18.1 Å². The Bertz CT molecular complexity index is 2210. The molecule has 2 aromatic heterocycles. The van der Waals surface area contributed by atoms with Crippen molar-refractivity contribution in [1.82, 2.24) is 4.57 Å². The first-order chi connectivity index (χ1) is 20.2. The summed E-state index contributed by atoms with van der Waals surface area (Å²) < 4.78 is 9.12. The molecule has 0 spiro atoms. The fourth-order valence-corrected chi connectivity index (χ4v) is 9.53. The Morgan fingerprint density at radius 3 is 2.54 bits per heavy atom. The van der Waals surface area contributed by atoms with E-state index >= 15 is 0 Å². The minimum atomic E-state index is 0.467. The van der Waals surface area contributed by atoms with Crippen molar-refractivity contribution in [3.63, 3.8) is 0 Å². The van der Waals surface area contributed by atoms with Crippen molar-refractivity contribution in [2.45, 2.75) is 57.4 Å². The van der Waals surface area contributed by atoms with Gasteiger partial charge in [-0.3, -0.25) is 0 Å². The first-order valence-corrected chi connectivity index (χ1v) is 15.6. The lowest BCUT2D eigenvalue weighted by atomic mass is 9.56. The van der Waals surface area contributed by atoms with Gasteiger partial charge in [-0.2, -0.15) is 0 Å². The third kappa shape index (κ3) is 2.93. The first kappa shape index (κ1) is 22.6. The van der Waals surface area contributed by atoms with Gasteiger partial charge in [0.2, 0.25) is 0 Å². The number of nitrogens with zero attached hydrogens (tertiary/aromatic N) is 1. The maximum Gasteiger partial charge on any atom is 0.136 e. The zero-order valence-electron chi connectivity index (χ0n) is 23.5. The number of hydrogen-bond acceptors (Lipinski definition) is 1. The molecule has 0 amide bonds. The zero-order chi connectivity index (χ0) is 26.9. The van der Waals surface area contributed by atoms with Gasteiger partial charge in [-0.15, -0.1) is 0 Å². The number of fused-ring (bicyclic) bond motifs is 11. The molecule has 1 aliphatic heterocycles. The quantitative estimate of drug-likeness (QED) is 0.206. The average Bonchev–Trinajstić information content (AvgIpc) is 3.64. The van der Waals surface area contributed by atoms with Gasteiger partial charge in [0.25, 0.3) is 0 Å². The molecule has 3 heterocycles. The Morgan fingerprint density at radius 2 is 1.61 bits per heavy atom. The van der Waals surface area contributed by atoms with Crippen LogP contribution in [0.4, 0.5) is 0 Å². The van der Waals surface area contributed by atoms with E-state index in [9.17, 15) is 0 Å². The Hall–Kier alpha value is -4.04. The molecular weight excluding hydrogens is 498 g/mol. The summed E-state index contributed by atoms with van der Waals surface area (Å²) in [5, 5.41) is 7.94. The monoisotopic (exact) mass is 531 g/mol. The molecule has 7 aromatic rings. The van der Waals surface area contributed by atoms with Crippen molar-refractivity contribution in [1.29, 1.82) is 0 Å². The third-order valence-corrected chi connectivity index (χ3v) is 11.5. The van der Waals surface area contributed by atoms with Gasteiger partial charge >= 0.3 is 0 Å². The number of benzene rings is 5. The van der Waals surface area contributed by atoms with E-state index in [0.717, 1.165) is 17.1 Å². The molecule has 5 aromatic carbocycles. The smallest absolute Gasteiger partial charge is 0.136 e. The summed E-state index contributed by atoms with van der Waals surface area (Å²) >= 11 is 0. The maximum atomic E-state index is 6.33. The number of rotatable bonds is 1. The van der Waals surface area contributed by atoms with E-state index in [1.165, 1.54) is 93.0 Å². The fourth-order valence-electron chi connectivity index (χ4n) is 9.53. The van der Waals surface area contributed by atoms with E-state index in [1.807, 2.05) is 0 Å². The van der Waals surface area contributed by atoms with E-state index < -0.39 is 0 Å². The third-order valence-electron chi connectivity index (χ3n) is 11.5. The lowest BCUT2D eigenvalue weighted by molar-refractivity contribution is 0.0318. The van der Waals surface area contributed by atoms with Crippen LogP contribution in [0.1, 0.15) is 63.0 Å². The van der Waals surface area contributed by atoms with Gasteiger partial charge in [-0.1, -0.05) is 74.4 Å². The van der Waals surface area contributed by atoms with Crippen LogP contribution in [0.5, 0.6) is 0 Å². The van der Waals surface area contributed by atoms with Crippen molar-refractivity contribution in [3.05, 3.63) is 96.6 Å². The summed E-state index contributed by atoms with van der Waals surface area (Å²) in [6, 6.07) is 34.5. The Kier molecular flexibility index (Phi) is 4.32. The van der Waals surface area contributed by atoms with E-state index in [2.05, 4.69) is 102 Å². The molecule has 0 radical (unpaired) electrons. The SMILES string of the molecule is CC12CCCCC1CC1C(C2)c2cc(-c3cccc4oc5ccccc5c34)cc3c4cc5ccccc5cc4n1c23. The number of hydrogen-bond donors (Lipinski definition) is 0. The van der Waals surface area contributed by atoms with E-state index in [-0.39, 0.29) is 0 Å². The minimum Gasteiger partial charge on any atom is -0.456 e. The standard InChI is InChI=1S/C39H33NO/c1-39-16-7-6-11-26(39)21-34-32(22-39)31-19-25(27-13-8-15-36-37(27)28-12-4-5-14-35(28)41-36)18-30-29-17-23-9-2-3-10-24(23)20-33(29)40(34)38(30)31/h2-5,8-10,12-15,17-20,26,32,34H,6-7,11,16,21-22H2,1H3. The molecule has 0 bridgehead atoms. The molecule has 10 rings (SSSR count). The van der Waals surface area contributed by atoms with Gasteiger partial charge in [-0.25, -0.2) is 0 Å². The summed E-state index contributed by atoms with van der Waals surface area (Å²) in [5.74, 6) is 1.42. The minimum absolute atomic E-state index is 0.467. The summed E-state index contributed by atoms with van der Waals surface area (Å²) in [4.78, 5) is 0. The van der Waals surface area contributed by atoms with Crippen molar-refractivity contribution >= 4 is 54.5 Å². The summed E-state index contributed by atoms with van der Waals surface area (Å²) in [6.45, 7) is 2.62. The van der Waals surface area contributed by atoms with Gasteiger partial charge in [0, 0.05) is 33.5 Å². The molecule has 4 atom stereocenters. The zero-order valence-corrected chi connectivity index (χ0v) is 23.5. The molecule has 2 heteroatoms. The fraction of sp³-hybridized carbons (Fsp3) is 0.282. The van der Waals surface area contributed by atoms with Gasteiger partial charge in [-0.05, 0) is 101 Å². The Balaban J connectivity index is 1.30. The highest BCUT2D eigenvalue weighted by Gasteiger charge is 2.50. The van der Waals surface area contributed by atoms with E-state index in [4.69, 9.17) is 4.42 Å². The highest BCUT2D eigenvalue weighted by atomic mass is 16.3. The molecule has 2 nitrogen and oxygen atoms in total. The molecule has 41 heavy (non-hydrogen) atoms. The summed E-state index contributed by atoms with van der Waals surface area (Å²) in [6.07, 6.45) is 8.24. The van der Waals surface area contributed by atoms with Crippen LogP contribution in [0.25, 0.3) is 65.6 Å². The lowest BCUT2D eigenvalue weighted by Gasteiger charge is -2.50. The molecule has 2 aliphatic carbocycles. The van der Waals surface area contributed by atoms with Crippen LogP contribution in [0, 0.1) is 11.3 Å². The number of furan rings is 1. The van der Waals surface area contributed by atoms with Crippen molar-refractivity contribution in [2.24, 2.45) is 11.3 Å². The number of para-hydroxylation sites is 1. The molecule has 2 fully saturated rings. The molecule has 0 saturated heterocycles. The van der Waals surface area contributed by atoms with E-state index in [0.29, 0.717) is 17.4 Å². The molecule has 0 N–H and O–H groups in total. The van der Waals surface area contributed by atoms with Crippen LogP contribution < -0.4 is 0 Å². The highest BCUT2D eigenvalue weighted by molar-refractivity contribution is 6.17. The van der Waals surface area contributed by atoms with Gasteiger partial charge in [0.1, 0.15) is 11.2 Å². The van der Waals surface area contributed by atoms with Gasteiger partial charge < -0.3 is 8.98 Å². The van der Waals surface area contributed by atoms with Crippen LogP contribution in [0.3, 0.4) is 0 Å². The maximum absolute atomic E-state index is 6.33. The molecule has 3 aliphatic rings. The van der Waals surface area contributed by atoms with E-state index in [1.54, 1.807) is 5.56 Å². The second-order valence-corrected chi connectivity index (χ2v) is 13.5. The largest absolute Gasteiger partial charge is 0.456 e. The van der Waals surface area contributed by atoms with Crippen molar-refractivity contribution < 1.29 is 4.42 Å².